The van der Waals surface area contributed by atoms with Gasteiger partial charge in [0.15, 0.2) is 0 Å². The largest absolute Gasteiger partial charge is 0.481 e. The Bertz CT molecular complexity index is 2560. The average Bonchev–Trinajstić information content (AvgIpc) is 4.02. The van der Waals surface area contributed by atoms with Gasteiger partial charge in [0.2, 0.25) is 17.7 Å². The molecular formula is C53H73N9O16. The minimum Gasteiger partial charge on any atom is -0.481 e. The van der Waals surface area contributed by atoms with Crippen LogP contribution in [0.25, 0.3) is 21.5 Å². The number of amides is 5. The Hall–Kier alpha value is -7.48. The highest BCUT2D eigenvalue weighted by atomic mass is 16.4. The van der Waals surface area contributed by atoms with Crippen molar-refractivity contribution in [3.05, 3.63) is 60.2 Å². The van der Waals surface area contributed by atoms with Gasteiger partial charge in [-0.25, -0.2) is 14.4 Å². The summed E-state index contributed by atoms with van der Waals surface area (Å²) in [6.45, 7) is 2.86. The number of carbonyl (C=O) groups excluding carboxylic acids is 4. The summed E-state index contributed by atoms with van der Waals surface area (Å²) >= 11 is 0. The first-order valence-electron chi connectivity index (χ1n) is 26.2. The molecule has 2 saturated carbocycles. The van der Waals surface area contributed by atoms with E-state index in [2.05, 4.69) is 43.3 Å². The SMILES string of the molecule is CC1C(CNC(=O)C(Cc2c3ccccc3cc3ccccc23)NC(=O)C2CCC(CNC(=O)CNCCN(CCN(CCNCC(=O)O)CC(=O)O)CC(=O)O)CC2)C1CC(NC(=O)NC(CCC(=O)O)C(=O)O)C(=O)O. The summed E-state index contributed by atoms with van der Waals surface area (Å²) in [5, 5.41) is 78.8. The third-order valence-corrected chi connectivity index (χ3v) is 14.6. The van der Waals surface area contributed by atoms with E-state index < -0.39 is 84.6 Å². The highest BCUT2D eigenvalue weighted by Gasteiger charge is 2.48. The van der Waals surface area contributed by atoms with E-state index in [4.69, 9.17) is 10.2 Å². The molecule has 0 aliphatic heterocycles. The van der Waals surface area contributed by atoms with E-state index in [1.54, 1.807) is 9.80 Å². The van der Waals surface area contributed by atoms with E-state index in [0.29, 0.717) is 32.2 Å². The molecule has 5 rings (SSSR count). The second-order valence-corrected chi connectivity index (χ2v) is 20.2. The molecule has 0 aromatic heterocycles. The van der Waals surface area contributed by atoms with Gasteiger partial charge in [-0.1, -0.05) is 55.5 Å². The van der Waals surface area contributed by atoms with Crippen molar-refractivity contribution in [2.75, 3.05) is 78.5 Å². The molecule has 25 heteroatoms. The fraction of sp³-hybridized carbons (Fsp3) is 0.547. The summed E-state index contributed by atoms with van der Waals surface area (Å²) in [5.41, 5.74) is 0.871. The van der Waals surface area contributed by atoms with E-state index in [1.807, 2.05) is 55.5 Å². The third-order valence-electron chi connectivity index (χ3n) is 14.6. The van der Waals surface area contributed by atoms with Crippen LogP contribution in [0.3, 0.4) is 0 Å². The molecule has 2 aliphatic rings. The van der Waals surface area contributed by atoms with Crippen molar-refractivity contribution in [3.63, 3.8) is 0 Å². The monoisotopic (exact) mass is 1090 g/mol. The van der Waals surface area contributed by atoms with Crippen molar-refractivity contribution in [2.45, 2.75) is 76.4 Å². The predicted octanol–water partition coefficient (Wildman–Crippen LogP) is 0.439. The molecule has 426 valence electrons. The Morgan fingerprint density at radius 2 is 1.14 bits per heavy atom. The number of benzene rings is 3. The molecule has 0 saturated heterocycles. The zero-order valence-corrected chi connectivity index (χ0v) is 43.6. The van der Waals surface area contributed by atoms with Crippen molar-refractivity contribution >= 4 is 81.1 Å². The molecular weight excluding hydrogens is 1020 g/mol. The van der Waals surface area contributed by atoms with Gasteiger partial charge in [0.1, 0.15) is 18.1 Å². The third kappa shape index (κ3) is 20.1. The number of carboxylic acid groups (broad SMARTS) is 6. The van der Waals surface area contributed by atoms with E-state index in [9.17, 15) is 68.4 Å². The minimum absolute atomic E-state index is 0.0297. The molecule has 78 heavy (non-hydrogen) atoms. The van der Waals surface area contributed by atoms with Gasteiger partial charge in [-0.05, 0) is 95.4 Å². The van der Waals surface area contributed by atoms with Gasteiger partial charge < -0.3 is 67.9 Å². The number of carboxylic acids is 6. The lowest BCUT2D eigenvalue weighted by molar-refractivity contribution is -0.141. The first-order chi connectivity index (χ1) is 37.2. The van der Waals surface area contributed by atoms with E-state index in [-0.39, 0.29) is 120 Å². The first-order valence-corrected chi connectivity index (χ1v) is 26.2. The highest BCUT2D eigenvalue weighted by molar-refractivity contribution is 6.03. The van der Waals surface area contributed by atoms with Crippen LogP contribution in [0.5, 0.6) is 0 Å². The first kappa shape index (κ1) is 61.4. The molecule has 6 unspecified atom stereocenters. The summed E-state index contributed by atoms with van der Waals surface area (Å²) in [6.07, 6.45) is 1.47. The van der Waals surface area contributed by atoms with Gasteiger partial charge in [-0.2, -0.15) is 0 Å². The van der Waals surface area contributed by atoms with E-state index in [1.165, 1.54) is 0 Å². The predicted molar refractivity (Wildman–Crippen MR) is 282 cm³/mol. The molecule has 3 aromatic rings. The Balaban J connectivity index is 1.13. The molecule has 13 N–H and O–H groups in total. The minimum atomic E-state index is -1.56. The van der Waals surface area contributed by atoms with Crippen LogP contribution in [0.1, 0.15) is 57.4 Å². The number of carbonyl (C=O) groups is 10. The standard InChI is InChI=1S/C53H73N9O16/c1-31-38(23-43(52(76)77)60-53(78)59-41(51(74)75)14-15-45(64)65)40(31)26-57-50(73)42(24-39-36-8-4-2-6-34(36)22-35-7-3-5-9-37(35)39)58-49(72)33-12-10-32(11-13-33)25-56-44(63)27-54-16-18-61(29-47(68)69)20-21-62(30-48(70)71)19-17-55-28-46(66)67/h2-9,22,31-33,38,40-43,54-55H,10-21,23-30H2,1H3,(H,56,63)(H,57,73)(H,58,72)(H,64,65)(H,66,67)(H,68,69)(H,70,71)(H,74,75)(H,76,77)(H2,59,60,78). The number of hydrogen-bond acceptors (Lipinski definition) is 14. The van der Waals surface area contributed by atoms with Crippen molar-refractivity contribution in [1.29, 1.82) is 0 Å². The summed E-state index contributed by atoms with van der Waals surface area (Å²) in [5.74, 6) is -9.14. The summed E-state index contributed by atoms with van der Waals surface area (Å²) < 4.78 is 0. The second-order valence-electron chi connectivity index (χ2n) is 20.2. The molecule has 2 fully saturated rings. The normalized spacial score (nSPS) is 19.0. The van der Waals surface area contributed by atoms with Crippen LogP contribution < -0.4 is 37.2 Å². The number of urea groups is 1. The summed E-state index contributed by atoms with van der Waals surface area (Å²) in [4.78, 5) is 126. The van der Waals surface area contributed by atoms with Crippen LogP contribution in [0, 0.1) is 29.6 Å². The zero-order valence-electron chi connectivity index (χ0n) is 43.6. The van der Waals surface area contributed by atoms with Crippen molar-refractivity contribution in [3.8, 4) is 0 Å². The smallest absolute Gasteiger partial charge is 0.326 e. The van der Waals surface area contributed by atoms with Crippen LogP contribution in [-0.2, 0) is 49.6 Å². The lowest BCUT2D eigenvalue weighted by Gasteiger charge is -2.29. The number of aliphatic carboxylic acids is 6. The summed E-state index contributed by atoms with van der Waals surface area (Å²) in [6, 6.07) is 12.6. The number of rotatable bonds is 35. The van der Waals surface area contributed by atoms with Crippen molar-refractivity contribution < 1.29 is 78.6 Å². The maximum atomic E-state index is 14.3. The Labute approximate surface area is 450 Å². The van der Waals surface area contributed by atoms with Gasteiger partial charge in [0.05, 0.1) is 26.2 Å². The lowest BCUT2D eigenvalue weighted by atomic mass is 9.81. The van der Waals surface area contributed by atoms with E-state index >= 15 is 0 Å². The molecule has 6 atom stereocenters. The van der Waals surface area contributed by atoms with Gasteiger partial charge in [0.25, 0.3) is 0 Å². The quantitative estimate of drug-likeness (QED) is 0.0281. The van der Waals surface area contributed by atoms with E-state index in [0.717, 1.165) is 27.1 Å². The molecule has 25 nitrogen and oxygen atoms in total. The molecule has 0 heterocycles. The second kappa shape index (κ2) is 30.5. The fourth-order valence-electron chi connectivity index (χ4n) is 10.1. The lowest BCUT2D eigenvalue weighted by Crippen LogP contribution is -2.51. The number of nitrogens with one attached hydrogen (secondary N) is 7. The number of nitrogens with zero attached hydrogens (tertiary/aromatic N) is 2. The summed E-state index contributed by atoms with van der Waals surface area (Å²) in [7, 11) is 0. The number of fused-ring (bicyclic) bond motifs is 2. The zero-order chi connectivity index (χ0) is 56.9. The molecule has 0 bridgehead atoms. The molecule has 3 aromatic carbocycles. The molecule has 0 radical (unpaired) electrons. The Morgan fingerprint density at radius 3 is 1.68 bits per heavy atom. The van der Waals surface area contributed by atoms with Crippen molar-refractivity contribution in [2.24, 2.45) is 29.6 Å². The van der Waals surface area contributed by atoms with Gasteiger partial charge in [-0.3, -0.25) is 43.4 Å². The van der Waals surface area contributed by atoms with Crippen LogP contribution in [-0.4, -0.2) is 197 Å². The van der Waals surface area contributed by atoms with Crippen LogP contribution in [0.4, 0.5) is 4.79 Å². The topological polar surface area (TPSA) is 383 Å². The molecule has 2 aliphatic carbocycles. The molecule has 0 spiro atoms. The molecule has 5 amide bonds. The van der Waals surface area contributed by atoms with Crippen LogP contribution in [0.15, 0.2) is 54.6 Å². The van der Waals surface area contributed by atoms with Crippen LogP contribution >= 0.6 is 0 Å². The van der Waals surface area contributed by atoms with Crippen molar-refractivity contribution in [1.82, 2.24) is 47.0 Å². The highest BCUT2D eigenvalue weighted by Crippen LogP contribution is 2.48. The van der Waals surface area contributed by atoms with Gasteiger partial charge in [-0.15, -0.1) is 0 Å². The maximum absolute atomic E-state index is 14.3. The van der Waals surface area contributed by atoms with Gasteiger partial charge in [0, 0.05) is 71.1 Å². The van der Waals surface area contributed by atoms with Crippen LogP contribution in [0.2, 0.25) is 0 Å². The Kier molecular flexibility index (Phi) is 24.0. The fourth-order valence-corrected chi connectivity index (χ4v) is 10.1. The average molecular weight is 1090 g/mol. The number of hydrogen-bond donors (Lipinski definition) is 13. The Morgan fingerprint density at radius 1 is 0.590 bits per heavy atom. The van der Waals surface area contributed by atoms with Gasteiger partial charge >= 0.3 is 41.8 Å². The maximum Gasteiger partial charge on any atom is 0.326 e.